The highest BCUT2D eigenvalue weighted by atomic mass is 16.5. The third-order valence-corrected chi connectivity index (χ3v) is 2.98. The van der Waals surface area contributed by atoms with Crippen molar-refractivity contribution in [1.29, 1.82) is 0 Å². The lowest BCUT2D eigenvalue weighted by Gasteiger charge is -2.14. The molecule has 0 heterocycles. The Balaban J connectivity index is 2.05. The van der Waals surface area contributed by atoms with Crippen molar-refractivity contribution < 1.29 is 9.53 Å². The lowest BCUT2D eigenvalue weighted by molar-refractivity contribution is -0.142. The molecule has 0 unspecified atom stereocenters. The van der Waals surface area contributed by atoms with E-state index in [2.05, 4.69) is 5.32 Å². The molecule has 1 aliphatic rings. The number of hydrogen-bond donors (Lipinski definition) is 1. The summed E-state index contributed by atoms with van der Waals surface area (Å²) in [6.45, 7) is 3.65. The van der Waals surface area contributed by atoms with Crippen molar-refractivity contribution >= 4 is 5.97 Å². The van der Waals surface area contributed by atoms with Gasteiger partial charge in [-0.15, -0.1) is 0 Å². The highest BCUT2D eigenvalue weighted by molar-refractivity contribution is 5.71. The fourth-order valence-electron chi connectivity index (χ4n) is 2.16. The van der Waals surface area contributed by atoms with Crippen LogP contribution in [0, 0.1) is 5.92 Å². The van der Waals surface area contributed by atoms with Gasteiger partial charge in [-0.1, -0.05) is 25.7 Å². The summed E-state index contributed by atoms with van der Waals surface area (Å²) in [5.41, 5.74) is 0. The fraction of sp³-hybridized carbons (Fsp3) is 0.917. The monoisotopic (exact) mass is 213 g/mol. The Hall–Kier alpha value is -0.570. The Labute approximate surface area is 92.6 Å². The number of hydrogen-bond acceptors (Lipinski definition) is 3. The third-order valence-electron chi connectivity index (χ3n) is 2.98. The molecule has 3 heteroatoms. The Morgan fingerprint density at radius 3 is 2.53 bits per heavy atom. The Morgan fingerprint density at radius 2 is 1.93 bits per heavy atom. The molecule has 0 aliphatic heterocycles. The predicted molar refractivity (Wildman–Crippen MR) is 60.7 cm³/mol. The van der Waals surface area contributed by atoms with Crippen LogP contribution in [-0.2, 0) is 9.53 Å². The lowest BCUT2D eigenvalue weighted by Crippen LogP contribution is -2.29. The number of carbonyl (C=O) groups excluding carboxylic acids is 1. The molecule has 0 saturated heterocycles. The first-order valence-corrected chi connectivity index (χ1v) is 6.19. The van der Waals surface area contributed by atoms with Crippen molar-refractivity contribution in [1.82, 2.24) is 5.32 Å². The van der Waals surface area contributed by atoms with Crippen molar-refractivity contribution in [2.45, 2.75) is 45.4 Å². The lowest BCUT2D eigenvalue weighted by atomic mass is 10.0. The van der Waals surface area contributed by atoms with E-state index in [-0.39, 0.29) is 5.97 Å². The van der Waals surface area contributed by atoms with E-state index >= 15 is 0 Å². The summed E-state index contributed by atoms with van der Waals surface area (Å²) in [6, 6.07) is 0. The minimum atomic E-state index is -0.133. The summed E-state index contributed by atoms with van der Waals surface area (Å²) >= 11 is 0. The molecule has 1 N–H and O–H groups in total. The van der Waals surface area contributed by atoms with Crippen LogP contribution >= 0.6 is 0 Å². The number of rotatable bonds is 5. The SMILES string of the molecule is CCOC(=O)CNCC1CCCCCC1. The van der Waals surface area contributed by atoms with Crippen LogP contribution in [0.5, 0.6) is 0 Å². The van der Waals surface area contributed by atoms with Crippen LogP contribution in [0.3, 0.4) is 0 Å². The van der Waals surface area contributed by atoms with Crippen molar-refractivity contribution in [3.05, 3.63) is 0 Å². The van der Waals surface area contributed by atoms with Crippen molar-refractivity contribution in [2.24, 2.45) is 5.92 Å². The first-order chi connectivity index (χ1) is 7.33. The average molecular weight is 213 g/mol. The quantitative estimate of drug-likeness (QED) is 0.561. The van der Waals surface area contributed by atoms with E-state index in [1.54, 1.807) is 0 Å². The van der Waals surface area contributed by atoms with Gasteiger partial charge in [0.15, 0.2) is 0 Å². The smallest absolute Gasteiger partial charge is 0.319 e. The molecule has 1 saturated carbocycles. The van der Waals surface area contributed by atoms with Gasteiger partial charge in [0.1, 0.15) is 0 Å². The van der Waals surface area contributed by atoms with Gasteiger partial charge in [-0.05, 0) is 32.2 Å². The molecule has 15 heavy (non-hydrogen) atoms. The molecule has 0 aromatic carbocycles. The Kier molecular flexibility index (Phi) is 6.41. The molecule has 1 fully saturated rings. The molecule has 3 nitrogen and oxygen atoms in total. The zero-order valence-corrected chi connectivity index (χ0v) is 9.76. The topological polar surface area (TPSA) is 38.3 Å². The van der Waals surface area contributed by atoms with Crippen LogP contribution in [0.25, 0.3) is 0 Å². The van der Waals surface area contributed by atoms with Gasteiger partial charge in [0, 0.05) is 0 Å². The van der Waals surface area contributed by atoms with Crippen LogP contribution in [0.2, 0.25) is 0 Å². The van der Waals surface area contributed by atoms with Gasteiger partial charge in [-0.25, -0.2) is 0 Å². The zero-order chi connectivity index (χ0) is 10.9. The van der Waals surface area contributed by atoms with Crippen LogP contribution in [-0.4, -0.2) is 25.7 Å². The molecule has 0 radical (unpaired) electrons. The molecule has 0 aromatic rings. The molecule has 1 aliphatic carbocycles. The first-order valence-electron chi connectivity index (χ1n) is 6.19. The van der Waals surface area contributed by atoms with Gasteiger partial charge in [0.2, 0.25) is 0 Å². The van der Waals surface area contributed by atoms with Gasteiger partial charge in [0.05, 0.1) is 13.2 Å². The molecular formula is C12H23NO2. The summed E-state index contributed by atoms with van der Waals surface area (Å²) in [5, 5.41) is 3.19. The molecule has 0 bridgehead atoms. The zero-order valence-electron chi connectivity index (χ0n) is 9.76. The molecule has 0 aromatic heterocycles. The maximum atomic E-state index is 11.1. The predicted octanol–water partition coefficient (Wildman–Crippen LogP) is 2.11. The van der Waals surface area contributed by atoms with Gasteiger partial charge in [0.25, 0.3) is 0 Å². The molecule has 0 spiro atoms. The Bertz CT molecular complexity index is 174. The summed E-state index contributed by atoms with van der Waals surface area (Å²) < 4.78 is 4.85. The van der Waals surface area contributed by atoms with E-state index < -0.39 is 0 Å². The van der Waals surface area contributed by atoms with E-state index in [1.807, 2.05) is 6.92 Å². The summed E-state index contributed by atoms with van der Waals surface area (Å²) in [7, 11) is 0. The number of esters is 1. The van der Waals surface area contributed by atoms with E-state index in [9.17, 15) is 4.79 Å². The number of ether oxygens (including phenoxy) is 1. The van der Waals surface area contributed by atoms with E-state index in [4.69, 9.17) is 4.74 Å². The number of carbonyl (C=O) groups is 1. The van der Waals surface area contributed by atoms with Gasteiger partial charge < -0.3 is 10.1 Å². The van der Waals surface area contributed by atoms with Crippen molar-refractivity contribution in [3.63, 3.8) is 0 Å². The molecule has 0 amide bonds. The van der Waals surface area contributed by atoms with E-state index in [0.717, 1.165) is 12.5 Å². The van der Waals surface area contributed by atoms with Crippen LogP contribution in [0.1, 0.15) is 45.4 Å². The molecule has 88 valence electrons. The highest BCUT2D eigenvalue weighted by Gasteiger charge is 2.12. The van der Waals surface area contributed by atoms with Gasteiger partial charge >= 0.3 is 5.97 Å². The second-order valence-electron chi connectivity index (χ2n) is 4.29. The molecular weight excluding hydrogens is 190 g/mol. The van der Waals surface area contributed by atoms with E-state index in [0.29, 0.717) is 13.2 Å². The second kappa shape index (κ2) is 7.69. The minimum absolute atomic E-state index is 0.133. The summed E-state index contributed by atoms with van der Waals surface area (Å²) in [4.78, 5) is 11.1. The average Bonchev–Trinajstić information content (AvgIpc) is 2.47. The van der Waals surface area contributed by atoms with Gasteiger partial charge in [-0.3, -0.25) is 4.79 Å². The standard InChI is InChI=1S/C12H23NO2/c1-2-15-12(14)10-13-9-11-7-5-3-4-6-8-11/h11,13H,2-10H2,1H3. The second-order valence-corrected chi connectivity index (χ2v) is 4.29. The fourth-order valence-corrected chi connectivity index (χ4v) is 2.16. The normalized spacial score (nSPS) is 18.5. The number of nitrogens with one attached hydrogen (secondary N) is 1. The van der Waals surface area contributed by atoms with Crippen molar-refractivity contribution in [2.75, 3.05) is 19.7 Å². The Morgan fingerprint density at radius 1 is 1.27 bits per heavy atom. The highest BCUT2D eigenvalue weighted by Crippen LogP contribution is 2.21. The maximum absolute atomic E-state index is 11.1. The maximum Gasteiger partial charge on any atom is 0.319 e. The van der Waals surface area contributed by atoms with Gasteiger partial charge in [-0.2, -0.15) is 0 Å². The van der Waals surface area contributed by atoms with E-state index in [1.165, 1.54) is 38.5 Å². The molecule has 1 rings (SSSR count). The van der Waals surface area contributed by atoms with Crippen LogP contribution in [0.4, 0.5) is 0 Å². The van der Waals surface area contributed by atoms with Crippen molar-refractivity contribution in [3.8, 4) is 0 Å². The largest absolute Gasteiger partial charge is 0.465 e. The van der Waals surface area contributed by atoms with Crippen LogP contribution < -0.4 is 5.32 Å². The van der Waals surface area contributed by atoms with Crippen LogP contribution in [0.15, 0.2) is 0 Å². The molecule has 0 atom stereocenters. The third kappa shape index (κ3) is 5.78. The first kappa shape index (κ1) is 12.5. The summed E-state index contributed by atoms with van der Waals surface area (Å²) in [5.74, 6) is 0.632. The minimum Gasteiger partial charge on any atom is -0.465 e. The summed E-state index contributed by atoms with van der Waals surface area (Å²) in [6.07, 6.45) is 8.10.